The van der Waals surface area contributed by atoms with E-state index in [0.29, 0.717) is 17.7 Å². The van der Waals surface area contributed by atoms with Gasteiger partial charge in [-0.1, -0.05) is 5.21 Å². The highest BCUT2D eigenvalue weighted by Gasteiger charge is 2.30. The number of hydrogen-bond donors (Lipinski definition) is 2. The molecule has 0 aromatic carbocycles. The third-order valence-electron chi connectivity index (χ3n) is 2.56. The molecule has 0 radical (unpaired) electrons. The van der Waals surface area contributed by atoms with E-state index in [-0.39, 0.29) is 13.2 Å². The summed E-state index contributed by atoms with van der Waals surface area (Å²) in [6, 6.07) is 0.366. The van der Waals surface area contributed by atoms with Crippen LogP contribution in [0.25, 0.3) is 0 Å². The molecule has 1 fully saturated rings. The highest BCUT2D eigenvalue weighted by molar-refractivity contribution is 4.93. The quantitative estimate of drug-likeness (QED) is 0.675. The van der Waals surface area contributed by atoms with Crippen LogP contribution in [-0.2, 0) is 6.61 Å². The van der Waals surface area contributed by atoms with Crippen molar-refractivity contribution < 1.29 is 10.2 Å². The van der Waals surface area contributed by atoms with E-state index in [1.807, 2.05) is 0 Å². The fourth-order valence-electron chi connectivity index (χ4n) is 1.63. The zero-order chi connectivity index (χ0) is 9.26. The summed E-state index contributed by atoms with van der Waals surface area (Å²) >= 11 is 0. The van der Waals surface area contributed by atoms with E-state index in [9.17, 15) is 0 Å². The Bertz CT molecular complexity index is 281. The minimum atomic E-state index is -0.0594. The number of rotatable bonds is 3. The SMILES string of the molecule is OCc1cn(C2CC(CO)C2)nn1. The molecule has 1 aromatic rings. The van der Waals surface area contributed by atoms with Crippen molar-refractivity contribution in [1.82, 2.24) is 15.0 Å². The van der Waals surface area contributed by atoms with Gasteiger partial charge in [0.05, 0.1) is 18.8 Å². The van der Waals surface area contributed by atoms with Crippen molar-refractivity contribution in [2.24, 2.45) is 5.92 Å². The molecule has 0 amide bonds. The standard InChI is InChI=1S/C8H13N3O2/c12-4-6-1-8(2-6)11-3-7(5-13)9-10-11/h3,6,8,12-13H,1-2,4-5H2. The fourth-order valence-corrected chi connectivity index (χ4v) is 1.63. The summed E-state index contributed by atoms with van der Waals surface area (Å²) in [6.45, 7) is 0.203. The van der Waals surface area contributed by atoms with Crippen LogP contribution in [0.4, 0.5) is 0 Å². The van der Waals surface area contributed by atoms with E-state index in [4.69, 9.17) is 10.2 Å². The van der Waals surface area contributed by atoms with Gasteiger partial charge in [-0.05, 0) is 18.8 Å². The first-order chi connectivity index (χ1) is 6.33. The lowest BCUT2D eigenvalue weighted by Crippen LogP contribution is -2.29. The van der Waals surface area contributed by atoms with Crippen molar-refractivity contribution in [1.29, 1.82) is 0 Å². The molecular weight excluding hydrogens is 170 g/mol. The predicted octanol–water partition coefficient (Wildman–Crippen LogP) is -0.286. The van der Waals surface area contributed by atoms with E-state index in [2.05, 4.69) is 10.3 Å². The zero-order valence-corrected chi connectivity index (χ0v) is 7.30. The van der Waals surface area contributed by atoms with Gasteiger partial charge in [-0.15, -0.1) is 5.10 Å². The summed E-state index contributed by atoms with van der Waals surface area (Å²) in [6.07, 6.45) is 3.69. The van der Waals surface area contributed by atoms with Crippen LogP contribution < -0.4 is 0 Å². The van der Waals surface area contributed by atoms with Crippen LogP contribution in [0.15, 0.2) is 6.20 Å². The Morgan fingerprint density at radius 1 is 1.46 bits per heavy atom. The van der Waals surface area contributed by atoms with Crippen molar-refractivity contribution in [2.45, 2.75) is 25.5 Å². The summed E-state index contributed by atoms with van der Waals surface area (Å²) in [7, 11) is 0. The lowest BCUT2D eigenvalue weighted by molar-refractivity contribution is 0.104. The number of aliphatic hydroxyl groups is 2. The molecule has 0 saturated heterocycles. The van der Waals surface area contributed by atoms with E-state index in [0.717, 1.165) is 12.8 Å². The molecule has 0 unspecified atom stereocenters. The number of aliphatic hydroxyl groups excluding tert-OH is 2. The van der Waals surface area contributed by atoms with Crippen LogP contribution in [-0.4, -0.2) is 31.8 Å². The van der Waals surface area contributed by atoms with Gasteiger partial charge in [0.1, 0.15) is 5.69 Å². The predicted molar refractivity (Wildman–Crippen MR) is 44.8 cm³/mol. The molecule has 72 valence electrons. The van der Waals surface area contributed by atoms with Crippen molar-refractivity contribution in [2.75, 3.05) is 6.61 Å². The third-order valence-corrected chi connectivity index (χ3v) is 2.56. The number of nitrogens with zero attached hydrogens (tertiary/aromatic N) is 3. The molecule has 2 N–H and O–H groups in total. The molecule has 1 aliphatic carbocycles. The van der Waals surface area contributed by atoms with Gasteiger partial charge in [-0.25, -0.2) is 4.68 Å². The number of hydrogen-bond acceptors (Lipinski definition) is 4. The Morgan fingerprint density at radius 3 is 2.77 bits per heavy atom. The molecule has 2 rings (SSSR count). The van der Waals surface area contributed by atoms with Crippen molar-refractivity contribution in [3.8, 4) is 0 Å². The molecule has 0 spiro atoms. The van der Waals surface area contributed by atoms with Crippen molar-refractivity contribution in [3.63, 3.8) is 0 Å². The molecule has 0 aliphatic heterocycles. The first-order valence-corrected chi connectivity index (χ1v) is 4.46. The Hall–Kier alpha value is -0.940. The van der Waals surface area contributed by atoms with E-state index in [1.54, 1.807) is 10.9 Å². The molecular formula is C8H13N3O2. The normalized spacial score (nSPS) is 27.2. The van der Waals surface area contributed by atoms with Crippen molar-refractivity contribution >= 4 is 0 Å². The van der Waals surface area contributed by atoms with Crippen LogP contribution in [0.5, 0.6) is 0 Å². The minimum absolute atomic E-state index is 0.0594. The Balaban J connectivity index is 1.95. The molecule has 1 saturated carbocycles. The molecule has 1 aromatic heterocycles. The van der Waals surface area contributed by atoms with E-state index >= 15 is 0 Å². The van der Waals surface area contributed by atoms with Gasteiger partial charge in [0.25, 0.3) is 0 Å². The van der Waals surface area contributed by atoms with E-state index < -0.39 is 0 Å². The van der Waals surface area contributed by atoms with Crippen LogP contribution in [0.3, 0.4) is 0 Å². The molecule has 0 atom stereocenters. The minimum Gasteiger partial charge on any atom is -0.396 e. The average Bonchev–Trinajstić information content (AvgIpc) is 2.51. The van der Waals surface area contributed by atoms with Gasteiger partial charge in [-0.2, -0.15) is 0 Å². The Morgan fingerprint density at radius 2 is 2.23 bits per heavy atom. The maximum atomic E-state index is 8.82. The van der Waals surface area contributed by atoms with Gasteiger partial charge >= 0.3 is 0 Å². The lowest BCUT2D eigenvalue weighted by atomic mass is 9.81. The van der Waals surface area contributed by atoms with Gasteiger partial charge < -0.3 is 10.2 Å². The second-order valence-electron chi connectivity index (χ2n) is 3.52. The van der Waals surface area contributed by atoms with E-state index in [1.165, 1.54) is 0 Å². The molecule has 5 heteroatoms. The summed E-state index contributed by atoms with van der Waals surface area (Å²) in [5.41, 5.74) is 0.604. The molecule has 1 heterocycles. The zero-order valence-electron chi connectivity index (χ0n) is 7.30. The monoisotopic (exact) mass is 183 g/mol. The Labute approximate surface area is 76.0 Å². The molecule has 13 heavy (non-hydrogen) atoms. The largest absolute Gasteiger partial charge is 0.396 e. The topological polar surface area (TPSA) is 71.2 Å². The van der Waals surface area contributed by atoms with Gasteiger partial charge in [0.2, 0.25) is 0 Å². The Kier molecular flexibility index (Phi) is 2.28. The van der Waals surface area contributed by atoms with Crippen LogP contribution in [0, 0.1) is 5.92 Å². The lowest BCUT2D eigenvalue weighted by Gasteiger charge is -2.33. The highest BCUT2D eigenvalue weighted by Crippen LogP contribution is 2.36. The van der Waals surface area contributed by atoms with Gasteiger partial charge in [0, 0.05) is 6.61 Å². The van der Waals surface area contributed by atoms with Gasteiger partial charge in [-0.3, -0.25) is 0 Å². The number of aromatic nitrogens is 3. The first kappa shape index (κ1) is 8.65. The molecule has 1 aliphatic rings. The maximum Gasteiger partial charge on any atom is 0.108 e. The van der Waals surface area contributed by atoms with Gasteiger partial charge in [0.15, 0.2) is 0 Å². The van der Waals surface area contributed by atoms with Crippen LogP contribution in [0.1, 0.15) is 24.6 Å². The second-order valence-corrected chi connectivity index (χ2v) is 3.52. The average molecular weight is 183 g/mol. The second kappa shape index (κ2) is 3.43. The maximum absolute atomic E-state index is 8.82. The molecule has 5 nitrogen and oxygen atoms in total. The molecule has 0 bridgehead atoms. The summed E-state index contributed by atoms with van der Waals surface area (Å²) < 4.78 is 1.78. The van der Waals surface area contributed by atoms with Crippen molar-refractivity contribution in [3.05, 3.63) is 11.9 Å². The smallest absolute Gasteiger partial charge is 0.108 e. The summed E-state index contributed by atoms with van der Waals surface area (Å²) in [4.78, 5) is 0. The summed E-state index contributed by atoms with van der Waals surface area (Å²) in [5.74, 6) is 0.423. The van der Waals surface area contributed by atoms with Crippen LogP contribution in [0.2, 0.25) is 0 Å². The highest BCUT2D eigenvalue weighted by atomic mass is 16.3. The fraction of sp³-hybridized carbons (Fsp3) is 0.750. The first-order valence-electron chi connectivity index (χ1n) is 4.46. The summed E-state index contributed by atoms with van der Waals surface area (Å²) in [5, 5.41) is 25.3. The third kappa shape index (κ3) is 1.57. The van der Waals surface area contributed by atoms with Crippen LogP contribution >= 0.6 is 0 Å².